The molecule has 1 unspecified atom stereocenters. The van der Waals surface area contributed by atoms with E-state index in [1.54, 1.807) is 23.6 Å². The van der Waals surface area contributed by atoms with E-state index < -0.39 is 12.3 Å². The topological polar surface area (TPSA) is 92.4 Å². The van der Waals surface area contributed by atoms with Crippen molar-refractivity contribution >= 4 is 11.8 Å². The maximum Gasteiger partial charge on any atom is 0.406 e. The summed E-state index contributed by atoms with van der Waals surface area (Å²) in [4.78, 5) is 15.9. The van der Waals surface area contributed by atoms with Crippen molar-refractivity contribution in [1.82, 2.24) is 20.1 Å². The van der Waals surface area contributed by atoms with Gasteiger partial charge in [-0.1, -0.05) is 18.2 Å². The number of carbonyl (C=O) groups is 1. The van der Waals surface area contributed by atoms with E-state index in [0.29, 0.717) is 22.9 Å². The fourth-order valence-electron chi connectivity index (χ4n) is 3.03. The minimum absolute atomic E-state index is 0.357. The molecule has 7 nitrogen and oxygen atoms in total. The van der Waals surface area contributed by atoms with Crippen LogP contribution < -0.4 is 5.32 Å². The number of hydrogen-bond donors (Lipinski definition) is 2. The zero-order valence-corrected chi connectivity index (χ0v) is 13.7. The van der Waals surface area contributed by atoms with Crippen molar-refractivity contribution in [3.8, 4) is 5.69 Å². The minimum Gasteiger partial charge on any atom is -0.465 e. The van der Waals surface area contributed by atoms with Crippen molar-refractivity contribution in [2.45, 2.75) is 13.1 Å². The first-order valence-electron chi connectivity index (χ1n) is 7.89. The van der Waals surface area contributed by atoms with Crippen LogP contribution in [-0.4, -0.2) is 31.7 Å². The largest absolute Gasteiger partial charge is 0.465 e. The lowest BCUT2D eigenvalue weighted by molar-refractivity contribution is 0.189. The highest BCUT2D eigenvalue weighted by Crippen LogP contribution is 2.29. The van der Waals surface area contributed by atoms with Gasteiger partial charge in [-0.3, -0.25) is 14.9 Å². The number of amides is 1. The number of aromatic nitrogens is 3. The molecule has 8 heteroatoms. The molecule has 3 aromatic rings. The third-order valence-electron chi connectivity index (χ3n) is 4.13. The summed E-state index contributed by atoms with van der Waals surface area (Å²) >= 11 is 0. The first-order chi connectivity index (χ1) is 12.5. The highest BCUT2D eigenvalue weighted by molar-refractivity contribution is 6.15. The van der Waals surface area contributed by atoms with Gasteiger partial charge in [-0.05, 0) is 37.3 Å². The maximum absolute atomic E-state index is 13.3. The van der Waals surface area contributed by atoms with E-state index in [1.807, 2.05) is 24.3 Å². The molecule has 0 aliphatic carbocycles. The van der Waals surface area contributed by atoms with Crippen molar-refractivity contribution in [3.63, 3.8) is 0 Å². The molecule has 26 heavy (non-hydrogen) atoms. The lowest BCUT2D eigenvalue weighted by Crippen LogP contribution is -2.27. The number of benzene rings is 2. The molecule has 1 aliphatic heterocycles. The standard InChI is InChI=1S/C18H14FN5O2/c1-10-22-23-17-16(21-18(25)26)20-15(11-6-8-12(19)9-7-11)13-4-2-3-5-14(13)24(10)17/h2-9,16,21H,1H3,(H,25,26). The van der Waals surface area contributed by atoms with Gasteiger partial charge in [0, 0.05) is 11.1 Å². The van der Waals surface area contributed by atoms with Crippen LogP contribution in [0.5, 0.6) is 0 Å². The second-order valence-corrected chi connectivity index (χ2v) is 5.79. The van der Waals surface area contributed by atoms with E-state index in [2.05, 4.69) is 20.5 Å². The van der Waals surface area contributed by atoms with Crippen LogP contribution in [0.3, 0.4) is 0 Å². The van der Waals surface area contributed by atoms with Gasteiger partial charge >= 0.3 is 6.09 Å². The average molecular weight is 351 g/mol. The third kappa shape index (κ3) is 2.61. The van der Waals surface area contributed by atoms with Crippen LogP contribution in [0, 0.1) is 12.7 Å². The van der Waals surface area contributed by atoms with Gasteiger partial charge in [0.05, 0.1) is 11.4 Å². The van der Waals surface area contributed by atoms with Gasteiger partial charge < -0.3 is 5.11 Å². The van der Waals surface area contributed by atoms with Crippen LogP contribution in [0.2, 0.25) is 0 Å². The van der Waals surface area contributed by atoms with Gasteiger partial charge in [0.2, 0.25) is 0 Å². The highest BCUT2D eigenvalue weighted by Gasteiger charge is 2.28. The number of hydrogen-bond acceptors (Lipinski definition) is 4. The number of aliphatic imine (C=N–C) groups is 1. The van der Waals surface area contributed by atoms with Crippen molar-refractivity contribution in [2.75, 3.05) is 0 Å². The summed E-state index contributed by atoms with van der Waals surface area (Å²) in [6, 6.07) is 13.4. The van der Waals surface area contributed by atoms with Gasteiger partial charge in [-0.25, -0.2) is 9.18 Å². The molecular formula is C18H14FN5O2. The smallest absolute Gasteiger partial charge is 0.406 e. The fraction of sp³-hybridized carbons (Fsp3) is 0.111. The molecule has 130 valence electrons. The van der Waals surface area contributed by atoms with Crippen LogP contribution in [0.1, 0.15) is 28.9 Å². The number of nitrogens with zero attached hydrogens (tertiary/aromatic N) is 4. The predicted molar refractivity (Wildman–Crippen MR) is 92.0 cm³/mol. The first kappa shape index (κ1) is 15.9. The Kier molecular flexibility index (Phi) is 3.72. The van der Waals surface area contributed by atoms with Crippen LogP contribution in [-0.2, 0) is 0 Å². The molecule has 0 saturated carbocycles. The minimum atomic E-state index is -1.23. The van der Waals surface area contributed by atoms with Crippen LogP contribution in [0.15, 0.2) is 53.5 Å². The molecule has 2 N–H and O–H groups in total. The molecule has 4 rings (SSSR count). The molecule has 0 spiro atoms. The van der Waals surface area contributed by atoms with Gasteiger partial charge in [-0.15, -0.1) is 10.2 Å². The second kappa shape index (κ2) is 6.07. The van der Waals surface area contributed by atoms with E-state index in [0.717, 1.165) is 11.3 Å². The second-order valence-electron chi connectivity index (χ2n) is 5.79. The summed E-state index contributed by atoms with van der Waals surface area (Å²) in [5.41, 5.74) is 2.78. The van der Waals surface area contributed by atoms with E-state index in [1.165, 1.54) is 12.1 Å². The first-order valence-corrected chi connectivity index (χ1v) is 7.89. The van der Waals surface area contributed by atoms with Crippen molar-refractivity contribution in [3.05, 3.63) is 77.1 Å². The Balaban J connectivity index is 1.99. The summed E-state index contributed by atoms with van der Waals surface area (Å²) in [5.74, 6) is 0.624. The Bertz CT molecular complexity index is 1030. The Morgan fingerprint density at radius 2 is 1.88 bits per heavy atom. The number of para-hydroxylation sites is 1. The summed E-state index contributed by atoms with van der Waals surface area (Å²) in [6.07, 6.45) is -2.17. The van der Waals surface area contributed by atoms with Crippen molar-refractivity contribution in [1.29, 1.82) is 0 Å². The molecule has 1 amide bonds. The number of nitrogens with one attached hydrogen (secondary N) is 1. The summed E-state index contributed by atoms with van der Waals surface area (Å²) in [6.45, 7) is 1.79. The monoisotopic (exact) mass is 351 g/mol. The van der Waals surface area contributed by atoms with Crippen LogP contribution in [0.25, 0.3) is 5.69 Å². The summed E-state index contributed by atoms with van der Waals surface area (Å²) < 4.78 is 15.1. The molecule has 0 fully saturated rings. The summed E-state index contributed by atoms with van der Waals surface area (Å²) in [5, 5.41) is 19.8. The molecule has 0 radical (unpaired) electrons. The third-order valence-corrected chi connectivity index (χ3v) is 4.13. The SMILES string of the molecule is Cc1nnc2n1-c1ccccc1C(c1ccc(F)cc1)=NC2NC(=O)O. The normalized spacial score (nSPS) is 15.5. The molecule has 0 bridgehead atoms. The van der Waals surface area contributed by atoms with Crippen molar-refractivity contribution < 1.29 is 14.3 Å². The quantitative estimate of drug-likeness (QED) is 0.742. The zero-order chi connectivity index (χ0) is 18.3. The Labute approximate surface area is 147 Å². The molecule has 2 heterocycles. The van der Waals surface area contributed by atoms with Crippen LogP contribution in [0.4, 0.5) is 9.18 Å². The highest BCUT2D eigenvalue weighted by atomic mass is 19.1. The maximum atomic E-state index is 13.3. The van der Waals surface area contributed by atoms with Gasteiger partial charge in [0.1, 0.15) is 11.6 Å². The van der Waals surface area contributed by atoms with Crippen LogP contribution >= 0.6 is 0 Å². The predicted octanol–water partition coefficient (Wildman–Crippen LogP) is 2.83. The van der Waals surface area contributed by atoms with E-state index >= 15 is 0 Å². The number of aryl methyl sites for hydroxylation is 1. The van der Waals surface area contributed by atoms with E-state index in [9.17, 15) is 14.3 Å². The Morgan fingerprint density at radius 1 is 1.15 bits per heavy atom. The number of carboxylic acid groups (broad SMARTS) is 1. The summed E-state index contributed by atoms with van der Waals surface area (Å²) in [7, 11) is 0. The molecule has 1 aliphatic rings. The molecule has 1 atom stereocenters. The molecule has 1 aromatic heterocycles. The van der Waals surface area contributed by atoms with Gasteiger partial charge in [0.15, 0.2) is 12.0 Å². The van der Waals surface area contributed by atoms with Crippen molar-refractivity contribution in [2.24, 2.45) is 4.99 Å². The zero-order valence-electron chi connectivity index (χ0n) is 13.7. The van der Waals surface area contributed by atoms with E-state index in [-0.39, 0.29) is 5.82 Å². The lowest BCUT2D eigenvalue weighted by Gasteiger charge is -2.12. The number of halogens is 1. The van der Waals surface area contributed by atoms with E-state index in [4.69, 9.17) is 0 Å². The number of fused-ring (bicyclic) bond motifs is 3. The fourth-order valence-corrected chi connectivity index (χ4v) is 3.03. The molecule has 2 aromatic carbocycles. The molecular weight excluding hydrogens is 337 g/mol. The van der Waals surface area contributed by atoms with Gasteiger partial charge in [-0.2, -0.15) is 0 Å². The Hall–Kier alpha value is -3.55. The molecule has 0 saturated heterocycles. The van der Waals surface area contributed by atoms with Gasteiger partial charge in [0.25, 0.3) is 0 Å². The average Bonchev–Trinajstić information content (AvgIpc) is 2.94. The lowest BCUT2D eigenvalue weighted by atomic mass is 10.0. The number of rotatable bonds is 2. The Morgan fingerprint density at radius 3 is 2.62 bits per heavy atom.